The van der Waals surface area contributed by atoms with Gasteiger partial charge in [0.15, 0.2) is 0 Å². The molecular weight excluding hydrogens is 377 g/mol. The van der Waals surface area contributed by atoms with E-state index in [-0.39, 0.29) is 12.2 Å². The Labute approximate surface area is 167 Å². The smallest absolute Gasteiger partial charge is 0.0836 e. The molecule has 0 radical (unpaired) electrons. The van der Waals surface area contributed by atoms with Crippen LogP contribution < -0.4 is 0 Å². The van der Waals surface area contributed by atoms with Crippen molar-refractivity contribution in [1.82, 2.24) is 0 Å². The summed E-state index contributed by atoms with van der Waals surface area (Å²) in [7, 11) is 5.40. The van der Waals surface area contributed by atoms with E-state index in [4.69, 9.17) is 9.05 Å². The van der Waals surface area contributed by atoms with Gasteiger partial charge in [-0.15, -0.1) is 0 Å². The molecule has 0 aliphatic heterocycles. The molecule has 0 amide bonds. The van der Waals surface area contributed by atoms with Crippen molar-refractivity contribution in [3.63, 3.8) is 0 Å². The van der Waals surface area contributed by atoms with Crippen molar-refractivity contribution in [3.05, 3.63) is 72.9 Å². The molecule has 26 heavy (non-hydrogen) atoms. The molecule has 5 unspecified atom stereocenters. The monoisotopic (exact) mass is 412 g/mol. The molecule has 5 atom stereocenters. The fourth-order valence-corrected chi connectivity index (χ4v) is 3.16. The summed E-state index contributed by atoms with van der Waals surface area (Å²) in [6.07, 6.45) is 30.7. The van der Waals surface area contributed by atoms with E-state index in [1.165, 1.54) is 0 Å². The predicted octanol–water partition coefficient (Wildman–Crippen LogP) is 7.26. The molecule has 0 heterocycles. The third kappa shape index (κ3) is 17.1. The molecule has 146 valence electrons. The minimum Gasteiger partial charge on any atom is -0.358 e. The van der Waals surface area contributed by atoms with Gasteiger partial charge >= 0.3 is 0 Å². The summed E-state index contributed by atoms with van der Waals surface area (Å²) in [6, 6.07) is 0. The van der Waals surface area contributed by atoms with Crippen molar-refractivity contribution in [3.8, 4) is 0 Å². The molecule has 0 spiro atoms. The lowest BCUT2D eigenvalue weighted by atomic mass is 10.2. The maximum Gasteiger partial charge on any atom is 0.0836 e. The summed E-state index contributed by atoms with van der Waals surface area (Å²) in [5.74, 6) is 0. The van der Waals surface area contributed by atoms with Crippen LogP contribution in [-0.2, 0) is 9.05 Å². The zero-order valence-corrected chi connectivity index (χ0v) is 19.4. The highest BCUT2D eigenvalue weighted by Crippen LogP contribution is 2.25. The Kier molecular flexibility index (Phi) is 20.7. The van der Waals surface area contributed by atoms with Crippen LogP contribution in [-0.4, -0.2) is 12.2 Å². The SMILES string of the molecule is CC=CCC(C=CC=CCC=CCC=CC=CC(CCC)OP)OPP. The van der Waals surface area contributed by atoms with E-state index in [1.54, 1.807) is 0 Å². The second-order valence-corrected chi connectivity index (χ2v) is 7.06. The minimum atomic E-state index is 0.161. The van der Waals surface area contributed by atoms with Gasteiger partial charge in [-0.1, -0.05) is 95.2 Å². The fourth-order valence-electron chi connectivity index (χ4n) is 2.06. The van der Waals surface area contributed by atoms with Gasteiger partial charge in [0, 0.05) is 18.0 Å². The Bertz CT molecular complexity index is 480. The standard InChI is InChI=1S/C21H35O2P3/c1-3-5-17-21(23-26-25)19-15-13-11-9-7-6-8-10-12-14-18-20(22-24)16-4-2/h3,5-7,10-15,18-21,26H,4,8-9,16-17,24-25H2,1-2H3. The average Bonchev–Trinajstić information content (AvgIpc) is 2.65. The van der Waals surface area contributed by atoms with Gasteiger partial charge in [0.25, 0.3) is 0 Å². The number of allylic oxidation sites excluding steroid dienone is 9. The van der Waals surface area contributed by atoms with Gasteiger partial charge in [-0.05, 0) is 32.6 Å². The Hall–Kier alpha value is -0.350. The highest BCUT2D eigenvalue weighted by atomic mass is 32.0. The van der Waals surface area contributed by atoms with E-state index in [1.807, 2.05) is 6.92 Å². The lowest BCUT2D eigenvalue weighted by Gasteiger charge is -2.08. The first-order valence-electron chi connectivity index (χ1n) is 9.18. The molecule has 0 bridgehead atoms. The van der Waals surface area contributed by atoms with Crippen LogP contribution in [0, 0.1) is 0 Å². The first kappa shape index (κ1) is 25.6. The van der Waals surface area contributed by atoms with E-state index in [9.17, 15) is 0 Å². The van der Waals surface area contributed by atoms with Gasteiger partial charge in [-0.2, -0.15) is 0 Å². The summed E-state index contributed by atoms with van der Waals surface area (Å²) in [5, 5.41) is 0. The van der Waals surface area contributed by atoms with Crippen molar-refractivity contribution >= 4 is 26.9 Å². The largest absolute Gasteiger partial charge is 0.358 e. The molecule has 0 aliphatic rings. The minimum absolute atomic E-state index is 0.161. The fraction of sp³-hybridized carbons (Fsp3) is 0.429. The maximum absolute atomic E-state index is 5.65. The zero-order valence-electron chi connectivity index (χ0n) is 16.1. The Morgan fingerprint density at radius 2 is 1.50 bits per heavy atom. The van der Waals surface area contributed by atoms with Crippen LogP contribution >= 0.6 is 26.9 Å². The van der Waals surface area contributed by atoms with Gasteiger partial charge in [-0.3, -0.25) is 0 Å². The first-order chi connectivity index (χ1) is 12.8. The molecule has 0 saturated heterocycles. The van der Waals surface area contributed by atoms with E-state index < -0.39 is 0 Å². The predicted molar refractivity (Wildman–Crippen MR) is 127 cm³/mol. The van der Waals surface area contributed by atoms with E-state index in [0.29, 0.717) is 8.50 Å². The second-order valence-electron chi connectivity index (χ2n) is 5.61. The number of hydrogen-bond donors (Lipinski definition) is 0. The molecule has 0 aliphatic carbocycles. The lowest BCUT2D eigenvalue weighted by Crippen LogP contribution is -2.01. The molecule has 0 aromatic rings. The quantitative estimate of drug-likeness (QED) is 0.160. The van der Waals surface area contributed by atoms with Crippen LogP contribution in [0.15, 0.2) is 72.9 Å². The topological polar surface area (TPSA) is 18.5 Å². The maximum atomic E-state index is 5.65. The van der Waals surface area contributed by atoms with Crippen LogP contribution in [0.4, 0.5) is 0 Å². The molecule has 0 rings (SSSR count). The van der Waals surface area contributed by atoms with Gasteiger partial charge in [0.2, 0.25) is 0 Å². The van der Waals surface area contributed by atoms with Crippen molar-refractivity contribution < 1.29 is 9.05 Å². The van der Waals surface area contributed by atoms with Gasteiger partial charge < -0.3 is 9.05 Å². The molecule has 0 saturated carbocycles. The lowest BCUT2D eigenvalue weighted by molar-refractivity contribution is 0.279. The zero-order chi connectivity index (χ0) is 19.3. The molecule has 0 aromatic carbocycles. The molecule has 2 nitrogen and oxygen atoms in total. The van der Waals surface area contributed by atoms with Crippen molar-refractivity contribution in [2.45, 2.75) is 58.2 Å². The highest BCUT2D eigenvalue weighted by Gasteiger charge is 1.99. The summed E-state index contributed by atoms with van der Waals surface area (Å²) in [6.45, 7) is 4.19. The van der Waals surface area contributed by atoms with E-state index in [0.717, 1.165) is 32.1 Å². The van der Waals surface area contributed by atoms with Gasteiger partial charge in [-0.25, -0.2) is 0 Å². The highest BCUT2D eigenvalue weighted by molar-refractivity contribution is 8.00. The van der Waals surface area contributed by atoms with Crippen LogP contribution in [0.2, 0.25) is 0 Å². The van der Waals surface area contributed by atoms with E-state index >= 15 is 0 Å². The van der Waals surface area contributed by atoms with Crippen LogP contribution in [0.25, 0.3) is 0 Å². The normalized spacial score (nSPS) is 16.2. The third-order valence-corrected chi connectivity index (χ3v) is 4.63. The molecule has 0 fully saturated rings. The Balaban J connectivity index is 3.97. The first-order valence-corrected chi connectivity index (χ1v) is 12.4. The summed E-state index contributed by atoms with van der Waals surface area (Å²) in [5.41, 5.74) is 0. The molecular formula is C21H35O2P3. The Morgan fingerprint density at radius 1 is 0.885 bits per heavy atom. The molecule has 0 aromatic heterocycles. The van der Waals surface area contributed by atoms with Crippen LogP contribution in [0.3, 0.4) is 0 Å². The van der Waals surface area contributed by atoms with E-state index in [2.05, 4.69) is 98.2 Å². The van der Waals surface area contributed by atoms with Gasteiger partial charge in [0.1, 0.15) is 0 Å². The summed E-state index contributed by atoms with van der Waals surface area (Å²) in [4.78, 5) is 0. The number of rotatable bonds is 15. The van der Waals surface area contributed by atoms with Crippen LogP contribution in [0.1, 0.15) is 46.0 Å². The average molecular weight is 412 g/mol. The number of hydrogen-bond acceptors (Lipinski definition) is 2. The van der Waals surface area contributed by atoms with Crippen molar-refractivity contribution in [2.24, 2.45) is 0 Å². The van der Waals surface area contributed by atoms with Crippen LogP contribution in [0.5, 0.6) is 0 Å². The summed E-state index contributed by atoms with van der Waals surface area (Å²) < 4.78 is 10.9. The Morgan fingerprint density at radius 3 is 2.00 bits per heavy atom. The molecule has 5 heteroatoms. The third-order valence-electron chi connectivity index (χ3n) is 3.43. The summed E-state index contributed by atoms with van der Waals surface area (Å²) >= 11 is 0. The van der Waals surface area contributed by atoms with Crippen molar-refractivity contribution in [1.29, 1.82) is 0 Å². The van der Waals surface area contributed by atoms with Crippen molar-refractivity contribution in [2.75, 3.05) is 0 Å². The molecule has 0 N–H and O–H groups in total. The second kappa shape index (κ2) is 21.0. The van der Waals surface area contributed by atoms with Gasteiger partial charge in [0.05, 0.1) is 12.2 Å².